The normalized spacial score (nSPS) is 14.9. The first-order valence-corrected chi connectivity index (χ1v) is 10.9. The minimum atomic E-state index is -1.16. The molecule has 1 atom stereocenters. The molecule has 0 bridgehead atoms. The van der Waals surface area contributed by atoms with Gasteiger partial charge in [0.05, 0.1) is 5.71 Å². The molecule has 1 N–H and O–H groups in total. The maximum absolute atomic E-state index is 12.1. The number of carboxylic acid groups (broad SMARTS) is 1. The Balaban J connectivity index is 1.89. The third kappa shape index (κ3) is 3.80. The van der Waals surface area contributed by atoms with Crippen LogP contribution in [0, 0.1) is 20.8 Å². The maximum atomic E-state index is 12.1. The molecule has 1 aliphatic heterocycles. The number of fused-ring (bicyclic) bond motifs is 3. The third-order valence-electron chi connectivity index (χ3n) is 5.51. The number of aryl methyl sites for hydroxylation is 2. The topological polar surface area (TPSA) is 115 Å². The van der Waals surface area contributed by atoms with Crippen LogP contribution in [0.15, 0.2) is 29.3 Å². The Morgan fingerprint density at radius 3 is 2.41 bits per heavy atom. The van der Waals surface area contributed by atoms with Gasteiger partial charge in [-0.05, 0) is 33.3 Å². The molecule has 2 aromatic heterocycles. The minimum absolute atomic E-state index is 0.00178. The molecule has 3 heterocycles. The predicted molar refractivity (Wildman–Crippen MR) is 120 cm³/mol. The number of benzene rings is 1. The van der Waals surface area contributed by atoms with E-state index in [0.717, 1.165) is 38.1 Å². The van der Waals surface area contributed by atoms with Gasteiger partial charge in [0.15, 0.2) is 11.6 Å². The van der Waals surface area contributed by atoms with E-state index in [1.807, 2.05) is 25.3 Å². The first kappa shape index (κ1) is 21.8. The van der Waals surface area contributed by atoms with Gasteiger partial charge in [0.25, 0.3) is 0 Å². The molecule has 0 aliphatic carbocycles. The molecule has 0 saturated heterocycles. The summed E-state index contributed by atoms with van der Waals surface area (Å²) < 4.78 is 1.98. The number of aliphatic imine (C=N–C) groups is 1. The van der Waals surface area contributed by atoms with E-state index >= 15 is 0 Å². The minimum Gasteiger partial charge on any atom is -0.481 e. The average Bonchev–Trinajstić information content (AvgIpc) is 3.20. The molecule has 1 aromatic carbocycles. The van der Waals surface area contributed by atoms with Crippen LogP contribution in [0.25, 0.3) is 5.00 Å². The van der Waals surface area contributed by atoms with Crippen LogP contribution >= 0.6 is 11.3 Å². The smallest absolute Gasteiger partial charge is 0.311 e. The molecule has 0 radical (unpaired) electrons. The summed E-state index contributed by atoms with van der Waals surface area (Å²) >= 11 is 1.62. The molecule has 0 spiro atoms. The lowest BCUT2D eigenvalue weighted by Crippen LogP contribution is -2.10. The van der Waals surface area contributed by atoms with Crippen molar-refractivity contribution in [3.63, 3.8) is 0 Å². The number of ketones is 2. The summed E-state index contributed by atoms with van der Waals surface area (Å²) in [6.07, 6.45) is -0.356. The van der Waals surface area contributed by atoms with E-state index in [4.69, 9.17) is 10.1 Å². The Labute approximate surface area is 188 Å². The van der Waals surface area contributed by atoms with Crippen LogP contribution in [-0.4, -0.2) is 43.1 Å². The van der Waals surface area contributed by atoms with Crippen molar-refractivity contribution in [3.8, 4) is 5.00 Å². The summed E-state index contributed by atoms with van der Waals surface area (Å²) in [6.45, 7) is 7.49. The lowest BCUT2D eigenvalue weighted by molar-refractivity contribution is -0.135. The van der Waals surface area contributed by atoms with Crippen molar-refractivity contribution < 1.29 is 19.5 Å². The van der Waals surface area contributed by atoms with Gasteiger partial charge in [-0.3, -0.25) is 23.9 Å². The summed E-state index contributed by atoms with van der Waals surface area (Å²) in [4.78, 5) is 41.1. The number of hydrogen-bond donors (Lipinski definition) is 1. The van der Waals surface area contributed by atoms with Gasteiger partial charge >= 0.3 is 5.97 Å². The Bertz CT molecular complexity index is 1280. The van der Waals surface area contributed by atoms with E-state index in [9.17, 15) is 14.4 Å². The monoisotopic (exact) mass is 450 g/mol. The second-order valence-electron chi connectivity index (χ2n) is 7.87. The van der Waals surface area contributed by atoms with Gasteiger partial charge in [0.1, 0.15) is 29.1 Å². The van der Waals surface area contributed by atoms with Gasteiger partial charge in [-0.25, -0.2) is 0 Å². The van der Waals surface area contributed by atoms with Crippen LogP contribution in [-0.2, 0) is 9.59 Å². The molecular weight excluding hydrogens is 428 g/mol. The van der Waals surface area contributed by atoms with Gasteiger partial charge in [-0.1, -0.05) is 24.3 Å². The molecule has 164 valence electrons. The van der Waals surface area contributed by atoms with E-state index in [1.165, 1.54) is 6.92 Å². The first-order chi connectivity index (χ1) is 15.2. The Kier molecular flexibility index (Phi) is 5.60. The average molecular weight is 451 g/mol. The maximum Gasteiger partial charge on any atom is 0.311 e. The Morgan fingerprint density at radius 2 is 1.78 bits per heavy atom. The first-order valence-electron chi connectivity index (χ1n) is 10.1. The predicted octanol–water partition coefficient (Wildman–Crippen LogP) is 3.78. The number of carbonyl (C=O) groups is 3. The van der Waals surface area contributed by atoms with Crippen molar-refractivity contribution in [2.45, 2.75) is 46.6 Å². The zero-order valence-electron chi connectivity index (χ0n) is 18.2. The van der Waals surface area contributed by atoms with Crippen LogP contribution in [0.5, 0.6) is 0 Å². The third-order valence-corrected chi connectivity index (χ3v) is 6.70. The fourth-order valence-corrected chi connectivity index (χ4v) is 5.06. The van der Waals surface area contributed by atoms with Crippen molar-refractivity contribution in [1.82, 2.24) is 14.8 Å². The zero-order valence-corrected chi connectivity index (χ0v) is 19.0. The van der Waals surface area contributed by atoms with Crippen molar-refractivity contribution in [2.24, 2.45) is 4.99 Å². The zero-order chi connectivity index (χ0) is 23.2. The largest absolute Gasteiger partial charge is 0.481 e. The highest BCUT2D eigenvalue weighted by Crippen LogP contribution is 2.39. The molecule has 32 heavy (non-hydrogen) atoms. The highest BCUT2D eigenvalue weighted by molar-refractivity contribution is 7.15. The van der Waals surface area contributed by atoms with Crippen LogP contribution in [0.3, 0.4) is 0 Å². The van der Waals surface area contributed by atoms with Crippen molar-refractivity contribution >= 4 is 34.6 Å². The molecule has 0 fully saturated rings. The Hall–Kier alpha value is -3.46. The lowest BCUT2D eigenvalue weighted by atomic mass is 9.97. The number of carboxylic acids is 1. The molecule has 0 amide bonds. The molecule has 3 aromatic rings. The SMILES string of the molecule is CC(=O)C[C@@H]1N=C(c2ccc(C(=O)CC(=O)O)cc2)c2c(sc(C)c2C)-n2c(C)nnc21. The number of aromatic nitrogens is 3. The fraction of sp³-hybridized carbons (Fsp3) is 0.304. The van der Waals surface area contributed by atoms with Crippen LogP contribution in [0.1, 0.15) is 69.4 Å². The summed E-state index contributed by atoms with van der Waals surface area (Å²) in [5.41, 5.74) is 3.86. The Morgan fingerprint density at radius 1 is 1.09 bits per heavy atom. The summed E-state index contributed by atoms with van der Waals surface area (Å²) in [5, 5.41) is 18.4. The van der Waals surface area contributed by atoms with E-state index in [-0.39, 0.29) is 12.2 Å². The van der Waals surface area contributed by atoms with Crippen LogP contribution < -0.4 is 0 Å². The van der Waals surface area contributed by atoms with E-state index in [0.29, 0.717) is 11.4 Å². The lowest BCUT2D eigenvalue weighted by Gasteiger charge is -2.11. The van der Waals surface area contributed by atoms with Crippen molar-refractivity contribution in [3.05, 3.63) is 63.0 Å². The molecular formula is C23H22N4O4S. The van der Waals surface area contributed by atoms with Gasteiger partial charge < -0.3 is 5.11 Å². The summed E-state index contributed by atoms with van der Waals surface area (Å²) in [6, 6.07) is 6.29. The van der Waals surface area contributed by atoms with Gasteiger partial charge in [0, 0.05) is 28.0 Å². The molecule has 8 nitrogen and oxygen atoms in total. The van der Waals surface area contributed by atoms with Gasteiger partial charge in [0.2, 0.25) is 0 Å². The van der Waals surface area contributed by atoms with Gasteiger partial charge in [-0.15, -0.1) is 21.5 Å². The van der Waals surface area contributed by atoms with Crippen LogP contribution in [0.4, 0.5) is 0 Å². The molecule has 0 unspecified atom stereocenters. The number of thiophene rings is 1. The molecule has 0 saturated carbocycles. The van der Waals surface area contributed by atoms with E-state index < -0.39 is 24.2 Å². The number of rotatable bonds is 6. The summed E-state index contributed by atoms with van der Waals surface area (Å²) in [5.74, 6) is -0.262. The number of Topliss-reactive ketones (excluding diaryl/α,β-unsaturated/α-hetero) is 2. The molecule has 1 aliphatic rings. The highest BCUT2D eigenvalue weighted by Gasteiger charge is 2.31. The van der Waals surface area contributed by atoms with Crippen molar-refractivity contribution in [1.29, 1.82) is 0 Å². The number of nitrogens with zero attached hydrogens (tertiary/aromatic N) is 4. The van der Waals surface area contributed by atoms with Crippen molar-refractivity contribution in [2.75, 3.05) is 0 Å². The number of carbonyl (C=O) groups excluding carboxylic acids is 2. The standard InChI is InChI=1S/C23H22N4O4S/c1-11(28)9-17-22-26-25-14(4)27(22)23-20(12(2)13(3)32-23)21(24-17)16-7-5-15(6-8-16)18(29)10-19(30)31/h5-8,17H,9-10H2,1-4H3,(H,30,31)/t17-/m0/s1. The quantitative estimate of drug-likeness (QED) is 0.451. The highest BCUT2D eigenvalue weighted by atomic mass is 32.1. The van der Waals surface area contributed by atoms with E-state index in [1.54, 1.807) is 35.6 Å². The number of aliphatic carboxylic acids is 1. The summed E-state index contributed by atoms with van der Waals surface area (Å²) in [7, 11) is 0. The van der Waals surface area contributed by atoms with E-state index in [2.05, 4.69) is 10.2 Å². The molecule has 4 rings (SSSR count). The van der Waals surface area contributed by atoms with Crippen LogP contribution in [0.2, 0.25) is 0 Å². The van der Waals surface area contributed by atoms with Gasteiger partial charge in [-0.2, -0.15) is 0 Å². The molecule has 9 heteroatoms. The fourth-order valence-electron chi connectivity index (χ4n) is 3.85. The second-order valence-corrected chi connectivity index (χ2v) is 9.08. The number of hydrogen-bond acceptors (Lipinski definition) is 7. The second kappa shape index (κ2) is 8.23.